The Morgan fingerprint density at radius 2 is 2.07 bits per heavy atom. The van der Waals surface area contributed by atoms with Gasteiger partial charge in [0.25, 0.3) is 0 Å². The lowest BCUT2D eigenvalue weighted by Gasteiger charge is -2.39. The SMILES string of the molecule is C[Si](C)(C)CCOCn1ccc2nc(N3CCC4(C=CCN4)CC3)cnc21. The molecule has 1 saturated heterocycles. The van der Waals surface area contributed by atoms with Gasteiger partial charge in [0.1, 0.15) is 18.1 Å². The van der Waals surface area contributed by atoms with E-state index in [-0.39, 0.29) is 5.54 Å². The van der Waals surface area contributed by atoms with E-state index >= 15 is 0 Å². The van der Waals surface area contributed by atoms with Gasteiger partial charge in [-0.05, 0) is 25.0 Å². The van der Waals surface area contributed by atoms with Gasteiger partial charge in [-0.3, -0.25) is 0 Å². The molecule has 146 valence electrons. The lowest BCUT2D eigenvalue weighted by atomic mass is 9.89. The smallest absolute Gasteiger partial charge is 0.160 e. The lowest BCUT2D eigenvalue weighted by Crippen LogP contribution is -2.50. The maximum atomic E-state index is 5.87. The molecule has 0 radical (unpaired) electrons. The van der Waals surface area contributed by atoms with Crippen LogP contribution < -0.4 is 10.2 Å². The summed E-state index contributed by atoms with van der Waals surface area (Å²) < 4.78 is 7.92. The summed E-state index contributed by atoms with van der Waals surface area (Å²) in [5.41, 5.74) is 2.06. The number of aromatic nitrogens is 3. The van der Waals surface area contributed by atoms with Gasteiger partial charge in [-0.25, -0.2) is 9.97 Å². The first-order valence-electron chi connectivity index (χ1n) is 10.0. The molecule has 0 unspecified atom stereocenters. The number of nitrogens with zero attached hydrogens (tertiary/aromatic N) is 4. The summed E-state index contributed by atoms with van der Waals surface area (Å²) in [6.45, 7) is 11.5. The van der Waals surface area contributed by atoms with Gasteiger partial charge in [-0.1, -0.05) is 31.8 Å². The third-order valence-corrected chi connectivity index (χ3v) is 7.37. The first kappa shape index (κ1) is 18.7. The van der Waals surface area contributed by atoms with Crippen LogP contribution in [0.2, 0.25) is 25.7 Å². The summed E-state index contributed by atoms with van der Waals surface area (Å²) in [5.74, 6) is 0.983. The Hall–Kier alpha value is -1.70. The zero-order valence-electron chi connectivity index (χ0n) is 16.7. The van der Waals surface area contributed by atoms with Gasteiger partial charge in [0, 0.05) is 46.1 Å². The number of nitrogens with one attached hydrogen (secondary N) is 1. The Labute approximate surface area is 162 Å². The largest absolute Gasteiger partial charge is 0.361 e. The monoisotopic (exact) mass is 385 g/mol. The molecule has 27 heavy (non-hydrogen) atoms. The molecule has 0 amide bonds. The summed E-state index contributed by atoms with van der Waals surface area (Å²) >= 11 is 0. The molecule has 2 aliphatic heterocycles. The van der Waals surface area contributed by atoms with Crippen molar-refractivity contribution in [2.75, 3.05) is 31.1 Å². The first-order chi connectivity index (χ1) is 12.9. The number of hydrogen-bond donors (Lipinski definition) is 1. The van der Waals surface area contributed by atoms with Crippen molar-refractivity contribution in [3.8, 4) is 0 Å². The third-order valence-electron chi connectivity index (χ3n) is 5.67. The van der Waals surface area contributed by atoms with E-state index in [9.17, 15) is 0 Å². The summed E-state index contributed by atoms with van der Waals surface area (Å²) in [7, 11) is -1.05. The zero-order chi connectivity index (χ0) is 18.9. The quantitative estimate of drug-likeness (QED) is 0.470. The maximum absolute atomic E-state index is 5.87. The van der Waals surface area contributed by atoms with Crippen molar-refractivity contribution < 1.29 is 4.74 Å². The number of fused-ring (bicyclic) bond motifs is 1. The van der Waals surface area contributed by atoms with Crippen molar-refractivity contribution in [1.29, 1.82) is 0 Å². The predicted molar refractivity (Wildman–Crippen MR) is 113 cm³/mol. The topological polar surface area (TPSA) is 55.2 Å². The summed E-state index contributed by atoms with van der Waals surface area (Å²) in [4.78, 5) is 11.9. The normalized spacial score (nSPS) is 19.4. The first-order valence-corrected chi connectivity index (χ1v) is 13.7. The van der Waals surface area contributed by atoms with Crippen molar-refractivity contribution in [2.45, 2.75) is 50.8 Å². The molecule has 6 nitrogen and oxygen atoms in total. The van der Waals surface area contributed by atoms with Crippen LogP contribution in [-0.4, -0.2) is 54.4 Å². The number of piperidine rings is 1. The van der Waals surface area contributed by atoms with Gasteiger partial charge < -0.3 is 19.5 Å². The molecule has 1 N–H and O–H groups in total. The third kappa shape index (κ3) is 4.25. The highest BCUT2D eigenvalue weighted by atomic mass is 28.3. The maximum Gasteiger partial charge on any atom is 0.160 e. The minimum absolute atomic E-state index is 0.213. The fourth-order valence-electron chi connectivity index (χ4n) is 3.83. The van der Waals surface area contributed by atoms with Gasteiger partial charge in [0.15, 0.2) is 5.65 Å². The second-order valence-electron chi connectivity index (χ2n) is 9.00. The average Bonchev–Trinajstić information content (AvgIpc) is 3.25. The molecule has 2 aromatic rings. The summed E-state index contributed by atoms with van der Waals surface area (Å²) in [6.07, 6.45) is 10.8. The van der Waals surface area contributed by atoms with E-state index in [0.717, 1.165) is 56.1 Å². The Morgan fingerprint density at radius 3 is 2.78 bits per heavy atom. The average molecular weight is 386 g/mol. The number of hydrogen-bond acceptors (Lipinski definition) is 5. The molecule has 1 fully saturated rings. The van der Waals surface area contributed by atoms with Gasteiger partial charge in [0.2, 0.25) is 0 Å². The number of rotatable bonds is 6. The van der Waals surface area contributed by atoms with Crippen LogP contribution in [0.25, 0.3) is 11.2 Å². The standard InChI is InChI=1S/C20H31N5OSi/c1-27(2,3)14-13-26-16-25-10-5-17-19(25)21-15-18(23-17)24-11-7-20(8-12-24)6-4-9-22-20/h4-6,10,15,22H,7-9,11-14,16H2,1-3H3. The van der Waals surface area contributed by atoms with Crippen LogP contribution in [0.4, 0.5) is 5.82 Å². The molecule has 1 spiro atoms. The molecule has 0 bridgehead atoms. The minimum Gasteiger partial charge on any atom is -0.361 e. The van der Waals surface area contributed by atoms with Crippen molar-refractivity contribution in [1.82, 2.24) is 19.9 Å². The van der Waals surface area contributed by atoms with Gasteiger partial charge in [-0.15, -0.1) is 0 Å². The molecule has 0 aromatic carbocycles. The number of anilines is 1. The molecule has 2 aromatic heterocycles. The Bertz CT molecular complexity index is 817. The molecule has 0 atom stereocenters. The van der Waals surface area contributed by atoms with Crippen LogP contribution in [0.1, 0.15) is 12.8 Å². The van der Waals surface area contributed by atoms with Crippen molar-refractivity contribution in [3.05, 3.63) is 30.6 Å². The van der Waals surface area contributed by atoms with Gasteiger partial charge in [-0.2, -0.15) is 0 Å². The Kier molecular flexibility index (Phi) is 5.09. The summed E-state index contributed by atoms with van der Waals surface area (Å²) in [5, 5.41) is 3.62. The van der Waals surface area contributed by atoms with E-state index in [1.807, 2.05) is 18.5 Å². The Morgan fingerprint density at radius 1 is 1.26 bits per heavy atom. The fraction of sp³-hybridized carbons (Fsp3) is 0.600. The zero-order valence-corrected chi connectivity index (χ0v) is 17.7. The van der Waals surface area contributed by atoms with Crippen molar-refractivity contribution in [3.63, 3.8) is 0 Å². The van der Waals surface area contributed by atoms with Crippen molar-refractivity contribution >= 4 is 25.1 Å². The minimum atomic E-state index is -1.05. The predicted octanol–water partition coefficient (Wildman–Crippen LogP) is 3.24. The lowest BCUT2D eigenvalue weighted by molar-refractivity contribution is 0.0899. The second kappa shape index (κ2) is 7.37. The van der Waals surface area contributed by atoms with Gasteiger partial charge in [0.05, 0.1) is 6.20 Å². The van der Waals surface area contributed by atoms with Crippen LogP contribution >= 0.6 is 0 Å². The molecule has 0 aliphatic carbocycles. The second-order valence-corrected chi connectivity index (χ2v) is 14.6. The Balaban J connectivity index is 1.38. The highest BCUT2D eigenvalue weighted by Crippen LogP contribution is 2.29. The molecule has 0 saturated carbocycles. The van der Waals surface area contributed by atoms with Gasteiger partial charge >= 0.3 is 0 Å². The molecular weight excluding hydrogens is 354 g/mol. The summed E-state index contributed by atoms with van der Waals surface area (Å²) in [6, 6.07) is 3.23. The van der Waals surface area contributed by atoms with E-state index in [1.165, 1.54) is 6.04 Å². The highest BCUT2D eigenvalue weighted by molar-refractivity contribution is 6.76. The molecular formula is C20H31N5OSi. The van der Waals surface area contributed by atoms with Crippen LogP contribution in [0, 0.1) is 0 Å². The van der Waals surface area contributed by atoms with Crippen molar-refractivity contribution in [2.24, 2.45) is 0 Å². The molecule has 2 aliphatic rings. The van der Waals surface area contributed by atoms with Crippen LogP contribution in [0.5, 0.6) is 0 Å². The van der Waals surface area contributed by atoms with E-state index in [4.69, 9.17) is 14.7 Å². The molecule has 7 heteroatoms. The van der Waals surface area contributed by atoms with E-state index in [0.29, 0.717) is 6.73 Å². The fourth-order valence-corrected chi connectivity index (χ4v) is 4.59. The van der Waals surface area contributed by atoms with Crippen LogP contribution in [-0.2, 0) is 11.5 Å². The highest BCUT2D eigenvalue weighted by Gasteiger charge is 2.34. The van der Waals surface area contributed by atoms with E-state index in [1.54, 1.807) is 0 Å². The number of ether oxygens (including phenoxy) is 1. The van der Waals surface area contributed by atoms with E-state index < -0.39 is 8.07 Å². The van der Waals surface area contributed by atoms with Crippen LogP contribution in [0.3, 0.4) is 0 Å². The van der Waals surface area contributed by atoms with E-state index in [2.05, 4.69) is 46.6 Å². The van der Waals surface area contributed by atoms with Crippen LogP contribution in [0.15, 0.2) is 30.6 Å². The molecule has 4 rings (SSSR count). The molecule has 4 heterocycles.